The molecule has 2 bridgehead atoms. The molecule has 1 spiro atoms. The van der Waals surface area contributed by atoms with Crippen LogP contribution in [-0.2, 0) is 25.7 Å². The first-order valence-corrected chi connectivity index (χ1v) is 16.7. The van der Waals surface area contributed by atoms with Gasteiger partial charge in [0.15, 0.2) is 0 Å². The first-order chi connectivity index (χ1) is 22.5. The number of carbonyl (C=O) groups excluding carboxylic acids is 3. The molecule has 0 saturated carbocycles. The Hall–Kier alpha value is -3.95. The van der Waals surface area contributed by atoms with Crippen LogP contribution in [0.25, 0.3) is 0 Å². The van der Waals surface area contributed by atoms with Crippen LogP contribution in [0, 0.1) is 23.7 Å². The van der Waals surface area contributed by atoms with Gasteiger partial charge in [-0.3, -0.25) is 14.4 Å². The second-order valence-electron chi connectivity index (χ2n) is 13.5. The molecule has 9 heteroatoms. The fraction of sp³-hybridized carbons (Fsp3) is 0.500. The number of hydrogen-bond donors (Lipinski definition) is 1. The van der Waals surface area contributed by atoms with E-state index in [9.17, 15) is 14.7 Å². The third-order valence-corrected chi connectivity index (χ3v) is 10.9. The minimum absolute atomic E-state index is 0.113. The topological polar surface area (TPSA) is 99.6 Å². The van der Waals surface area contributed by atoms with Crippen LogP contribution in [0.4, 0.5) is 5.69 Å². The van der Waals surface area contributed by atoms with E-state index < -0.39 is 35.1 Å². The molecule has 3 aliphatic rings. The van der Waals surface area contributed by atoms with Crippen LogP contribution >= 0.6 is 0 Å². The van der Waals surface area contributed by atoms with E-state index in [1.165, 1.54) is 0 Å². The van der Waals surface area contributed by atoms with Gasteiger partial charge in [-0.15, -0.1) is 13.2 Å². The van der Waals surface area contributed by atoms with Gasteiger partial charge in [-0.1, -0.05) is 69.7 Å². The molecule has 2 aromatic rings. The molecule has 5 rings (SSSR count). The molecule has 3 aliphatic heterocycles. The van der Waals surface area contributed by atoms with Crippen LogP contribution < -0.4 is 9.64 Å². The molecule has 3 saturated heterocycles. The molecule has 2 aromatic carbocycles. The van der Waals surface area contributed by atoms with Crippen LogP contribution in [0.3, 0.4) is 0 Å². The molecule has 252 valence electrons. The first-order valence-electron chi connectivity index (χ1n) is 16.7. The SMILES string of the molecule is C=CCN(Cc1ccccc1)C(=O)[C@H]1[C@H]2C(=O)N([C@@H](CO)[C@@H](C)CC)C(C(=O)N(CC=C)c3ccc(OC)cc3)C23CC(C)[C@]1(C)O3. The maximum atomic E-state index is 15.1. The highest BCUT2D eigenvalue weighted by atomic mass is 16.5. The minimum atomic E-state index is -1.26. The van der Waals surface area contributed by atoms with E-state index in [4.69, 9.17) is 9.47 Å². The van der Waals surface area contributed by atoms with Crippen molar-refractivity contribution in [3.63, 3.8) is 0 Å². The minimum Gasteiger partial charge on any atom is -0.497 e. The maximum Gasteiger partial charge on any atom is 0.253 e. The average Bonchev–Trinajstić information content (AvgIpc) is 3.60. The van der Waals surface area contributed by atoms with Gasteiger partial charge in [0.25, 0.3) is 5.91 Å². The molecular formula is C38H49N3O6. The van der Waals surface area contributed by atoms with Gasteiger partial charge in [0.2, 0.25) is 11.8 Å². The van der Waals surface area contributed by atoms with E-state index >= 15 is 4.79 Å². The predicted octanol–water partition coefficient (Wildman–Crippen LogP) is 4.85. The average molecular weight is 644 g/mol. The Bertz CT molecular complexity index is 1480. The van der Waals surface area contributed by atoms with Crippen LogP contribution in [-0.4, -0.2) is 82.7 Å². The Kier molecular flexibility index (Phi) is 9.99. The Balaban J connectivity index is 1.64. The third-order valence-electron chi connectivity index (χ3n) is 10.9. The Morgan fingerprint density at radius 3 is 2.34 bits per heavy atom. The van der Waals surface area contributed by atoms with Crippen molar-refractivity contribution in [3.05, 3.63) is 85.5 Å². The van der Waals surface area contributed by atoms with Crippen molar-refractivity contribution in [1.29, 1.82) is 0 Å². The number of methoxy groups -OCH3 is 1. The quantitative estimate of drug-likeness (QED) is 0.296. The van der Waals surface area contributed by atoms with Crippen molar-refractivity contribution in [2.24, 2.45) is 23.7 Å². The van der Waals surface area contributed by atoms with Crippen molar-refractivity contribution in [2.45, 2.75) is 70.4 Å². The molecule has 47 heavy (non-hydrogen) atoms. The summed E-state index contributed by atoms with van der Waals surface area (Å²) in [6, 6.07) is 15.2. The zero-order valence-corrected chi connectivity index (χ0v) is 28.3. The van der Waals surface area contributed by atoms with Gasteiger partial charge in [0.05, 0.1) is 37.2 Å². The van der Waals surface area contributed by atoms with Gasteiger partial charge in [-0.05, 0) is 55.0 Å². The number of anilines is 1. The second kappa shape index (κ2) is 13.6. The van der Waals surface area contributed by atoms with Gasteiger partial charge in [0, 0.05) is 25.3 Å². The first kappa shape index (κ1) is 34.4. The highest BCUT2D eigenvalue weighted by molar-refractivity contribution is 6.05. The van der Waals surface area contributed by atoms with Gasteiger partial charge >= 0.3 is 0 Å². The summed E-state index contributed by atoms with van der Waals surface area (Å²) < 4.78 is 12.4. The lowest BCUT2D eigenvalue weighted by molar-refractivity contribution is -0.155. The lowest BCUT2D eigenvalue weighted by Gasteiger charge is -2.41. The van der Waals surface area contributed by atoms with Crippen LogP contribution in [0.1, 0.15) is 46.1 Å². The largest absolute Gasteiger partial charge is 0.497 e. The number of fused-ring (bicyclic) bond motifs is 1. The fourth-order valence-electron chi connectivity index (χ4n) is 8.25. The summed E-state index contributed by atoms with van der Waals surface area (Å²) in [7, 11) is 1.58. The molecule has 9 nitrogen and oxygen atoms in total. The zero-order chi connectivity index (χ0) is 34.1. The van der Waals surface area contributed by atoms with E-state index in [0.717, 1.165) is 5.56 Å². The summed E-state index contributed by atoms with van der Waals surface area (Å²) >= 11 is 0. The second-order valence-corrected chi connectivity index (χ2v) is 13.5. The Morgan fingerprint density at radius 1 is 1.11 bits per heavy atom. The number of likely N-dealkylation sites (tertiary alicyclic amines) is 1. The molecule has 0 aliphatic carbocycles. The highest BCUT2D eigenvalue weighted by Crippen LogP contribution is 2.66. The van der Waals surface area contributed by atoms with Crippen molar-refractivity contribution in [3.8, 4) is 5.75 Å². The molecule has 3 fully saturated rings. The van der Waals surface area contributed by atoms with Gasteiger partial charge in [-0.25, -0.2) is 0 Å². The number of hydrogen-bond acceptors (Lipinski definition) is 6. The lowest BCUT2D eigenvalue weighted by Crippen LogP contribution is -2.60. The number of nitrogens with zero attached hydrogens (tertiary/aromatic N) is 3. The Morgan fingerprint density at radius 2 is 1.77 bits per heavy atom. The van der Waals surface area contributed by atoms with Gasteiger partial charge < -0.3 is 29.3 Å². The monoisotopic (exact) mass is 643 g/mol. The van der Waals surface area contributed by atoms with E-state index in [1.54, 1.807) is 58.2 Å². The molecule has 0 radical (unpaired) electrons. The Labute approximate surface area is 278 Å². The van der Waals surface area contributed by atoms with Crippen molar-refractivity contribution >= 4 is 23.4 Å². The summed E-state index contributed by atoms with van der Waals surface area (Å²) in [5.74, 6) is -2.15. The summed E-state index contributed by atoms with van der Waals surface area (Å²) in [5.41, 5.74) is -0.662. The van der Waals surface area contributed by atoms with Crippen LogP contribution in [0.5, 0.6) is 5.75 Å². The van der Waals surface area contributed by atoms with E-state index in [1.807, 2.05) is 58.0 Å². The van der Waals surface area contributed by atoms with Gasteiger partial charge in [-0.2, -0.15) is 0 Å². The number of benzene rings is 2. The molecular weight excluding hydrogens is 594 g/mol. The number of aliphatic hydroxyl groups is 1. The number of amides is 3. The molecule has 8 atom stereocenters. The number of aliphatic hydroxyl groups excluding tert-OH is 1. The molecule has 1 N–H and O–H groups in total. The van der Waals surface area contributed by atoms with Crippen molar-refractivity contribution in [1.82, 2.24) is 9.80 Å². The third kappa shape index (κ3) is 5.67. The maximum absolute atomic E-state index is 15.1. The van der Waals surface area contributed by atoms with E-state index in [2.05, 4.69) is 13.2 Å². The summed E-state index contributed by atoms with van der Waals surface area (Å²) in [6.07, 6.45) is 4.46. The summed E-state index contributed by atoms with van der Waals surface area (Å²) in [4.78, 5) is 49.7. The highest BCUT2D eigenvalue weighted by Gasteiger charge is 2.80. The standard InChI is InChI=1S/C38H49N3O6/c1-8-20-39(23-27-14-12-11-13-15-27)34(43)31-32-35(44)41(30(24-42)25(4)10-3)33(38(32)22-26(5)37(31,6)47-38)36(45)40(21-9-2)28-16-18-29(46-7)19-17-28/h8-9,11-19,25-26,30-33,42H,1-2,10,20-24H2,3-7H3/t25-,26?,30-,31+,32-,33?,37-,38?/m0/s1. The van der Waals surface area contributed by atoms with Crippen molar-refractivity contribution < 1.29 is 29.0 Å². The number of rotatable bonds is 14. The van der Waals surface area contributed by atoms with E-state index in [-0.39, 0.29) is 42.7 Å². The fourth-order valence-corrected chi connectivity index (χ4v) is 8.25. The lowest BCUT2D eigenvalue weighted by atomic mass is 9.62. The predicted molar refractivity (Wildman–Crippen MR) is 182 cm³/mol. The number of carbonyl (C=O) groups is 3. The zero-order valence-electron chi connectivity index (χ0n) is 28.3. The van der Waals surface area contributed by atoms with Gasteiger partial charge in [0.1, 0.15) is 17.4 Å². The van der Waals surface area contributed by atoms with Crippen LogP contribution in [0.15, 0.2) is 79.9 Å². The molecule has 3 unspecified atom stereocenters. The number of ether oxygens (including phenoxy) is 2. The van der Waals surface area contributed by atoms with Crippen molar-refractivity contribution in [2.75, 3.05) is 31.7 Å². The molecule has 0 aromatic heterocycles. The normalized spacial score (nSPS) is 28.8. The molecule has 3 amide bonds. The summed E-state index contributed by atoms with van der Waals surface area (Å²) in [5, 5.41) is 10.8. The van der Waals surface area contributed by atoms with Crippen LogP contribution in [0.2, 0.25) is 0 Å². The van der Waals surface area contributed by atoms with E-state index in [0.29, 0.717) is 37.4 Å². The summed E-state index contributed by atoms with van der Waals surface area (Å²) in [6.45, 7) is 16.3. The molecule has 3 heterocycles. The smallest absolute Gasteiger partial charge is 0.253 e.